The molecule has 11 nitrogen and oxygen atoms in total. The number of rotatable bonds is 16. The molecule has 3 atom stereocenters. The van der Waals surface area contributed by atoms with Gasteiger partial charge in [0.15, 0.2) is 6.10 Å². The van der Waals surface area contributed by atoms with Crippen LogP contribution in [0.25, 0.3) is 0 Å². The second-order valence-electron chi connectivity index (χ2n) is 11.5. The number of nitrogens with two attached hydrogens (primary N) is 1. The summed E-state index contributed by atoms with van der Waals surface area (Å²) in [7, 11) is 1.44. The number of hydrogen-bond acceptors (Lipinski definition) is 9. The Labute approximate surface area is 254 Å². The van der Waals surface area contributed by atoms with Crippen molar-refractivity contribution in [3.63, 3.8) is 0 Å². The number of carbonyl (C=O) groups is 4. The first kappa shape index (κ1) is 35.7. The number of hydrogen-bond donors (Lipinski definition) is 4. The maximum atomic E-state index is 13.4. The molecule has 0 spiro atoms. The molecule has 0 aromatic rings. The van der Waals surface area contributed by atoms with Crippen molar-refractivity contribution in [2.45, 2.75) is 66.1 Å². The van der Waals surface area contributed by atoms with Crippen LogP contribution in [0.3, 0.4) is 0 Å². The molecule has 2 aliphatic rings. The van der Waals surface area contributed by atoms with Gasteiger partial charge in [-0.2, -0.15) is 0 Å². The number of Topliss-reactive ketones (excluding diaryl/α,β-unsaturated/α-hetero) is 1. The Morgan fingerprint density at radius 2 is 1.84 bits per heavy atom. The van der Waals surface area contributed by atoms with Gasteiger partial charge in [0, 0.05) is 44.0 Å². The Hall–Kier alpha value is -3.54. The quantitative estimate of drug-likeness (QED) is 0.0904. The van der Waals surface area contributed by atoms with Crippen molar-refractivity contribution in [2.75, 3.05) is 39.9 Å². The van der Waals surface area contributed by atoms with Crippen LogP contribution in [-0.2, 0) is 23.9 Å². The fraction of sp³-hybridized carbons (Fsp3) is 0.562. The molecule has 1 saturated heterocycles. The van der Waals surface area contributed by atoms with Crippen LogP contribution in [0.1, 0.15) is 53.9 Å². The topological polar surface area (TPSA) is 160 Å². The largest absolute Gasteiger partial charge is 0.439 e. The Morgan fingerprint density at radius 3 is 2.42 bits per heavy atom. The lowest BCUT2D eigenvalue weighted by Gasteiger charge is -2.24. The van der Waals surface area contributed by atoms with Gasteiger partial charge in [-0.15, -0.1) is 0 Å². The van der Waals surface area contributed by atoms with Crippen molar-refractivity contribution in [3.8, 4) is 0 Å². The van der Waals surface area contributed by atoms with E-state index in [0.717, 1.165) is 19.6 Å². The third-order valence-electron chi connectivity index (χ3n) is 7.23. The van der Waals surface area contributed by atoms with Gasteiger partial charge >= 0.3 is 6.09 Å². The molecule has 2 rings (SSSR count). The van der Waals surface area contributed by atoms with Crippen LogP contribution in [0, 0.1) is 11.8 Å². The van der Waals surface area contributed by atoms with Gasteiger partial charge in [0.1, 0.15) is 6.10 Å². The molecule has 238 valence electrons. The number of likely N-dealkylation sites (tertiary alicyclic amines) is 1. The van der Waals surface area contributed by atoms with Gasteiger partial charge in [-0.05, 0) is 63.6 Å². The SMILES string of the molecule is CO[C@@H](/C=C\C=C(/C)C(=O)NC1=CC(=O)C(NCCN2CCCC2)=C(CC(C)C)C1=O)[C@@H](OC(N)=O)/C(C)=C/[C@H](C)CO. The molecular formula is C32H48N4O7. The molecule has 0 radical (unpaired) electrons. The molecule has 1 heterocycles. The first-order valence-electron chi connectivity index (χ1n) is 14.8. The zero-order valence-electron chi connectivity index (χ0n) is 26.3. The summed E-state index contributed by atoms with van der Waals surface area (Å²) in [6, 6.07) is 0. The molecule has 0 unspecified atom stereocenters. The summed E-state index contributed by atoms with van der Waals surface area (Å²) in [6.07, 6.45) is 7.81. The second-order valence-corrected chi connectivity index (χ2v) is 11.5. The predicted octanol–water partition coefficient (Wildman–Crippen LogP) is 2.68. The number of amides is 2. The van der Waals surface area contributed by atoms with E-state index in [1.54, 1.807) is 32.1 Å². The number of methoxy groups -OCH3 is 1. The number of nitrogens with one attached hydrogen (secondary N) is 2. The van der Waals surface area contributed by atoms with Crippen LogP contribution >= 0.6 is 0 Å². The smallest absolute Gasteiger partial charge is 0.405 e. The number of primary amides is 1. The maximum Gasteiger partial charge on any atom is 0.405 e. The molecule has 43 heavy (non-hydrogen) atoms. The summed E-state index contributed by atoms with van der Waals surface area (Å²) in [5.41, 5.74) is 6.79. The number of ketones is 2. The van der Waals surface area contributed by atoms with Crippen LogP contribution in [0.5, 0.6) is 0 Å². The zero-order chi connectivity index (χ0) is 32.1. The monoisotopic (exact) mass is 600 g/mol. The highest BCUT2D eigenvalue weighted by atomic mass is 16.6. The molecule has 0 saturated carbocycles. The summed E-state index contributed by atoms with van der Waals surface area (Å²) in [5, 5.41) is 15.2. The van der Waals surface area contributed by atoms with Crippen molar-refractivity contribution in [1.82, 2.24) is 15.5 Å². The molecule has 5 N–H and O–H groups in total. The van der Waals surface area contributed by atoms with Gasteiger partial charge in [-0.3, -0.25) is 14.4 Å². The Bertz CT molecular complexity index is 1180. The Morgan fingerprint density at radius 1 is 1.16 bits per heavy atom. The Kier molecular flexibility index (Phi) is 14.5. The van der Waals surface area contributed by atoms with Crippen LogP contribution in [0.2, 0.25) is 0 Å². The molecule has 0 bridgehead atoms. The van der Waals surface area contributed by atoms with Crippen molar-refractivity contribution >= 4 is 23.6 Å². The van der Waals surface area contributed by atoms with Crippen molar-refractivity contribution in [3.05, 3.63) is 58.5 Å². The number of carbonyl (C=O) groups excluding carboxylic acids is 4. The first-order valence-corrected chi connectivity index (χ1v) is 14.8. The van der Waals surface area contributed by atoms with Crippen LogP contribution in [0.15, 0.2) is 58.5 Å². The third-order valence-corrected chi connectivity index (χ3v) is 7.23. The third kappa shape index (κ3) is 11.2. The number of aliphatic hydroxyl groups is 1. The molecule has 0 aromatic carbocycles. The molecule has 2 amide bonds. The van der Waals surface area contributed by atoms with E-state index in [4.69, 9.17) is 15.2 Å². The maximum absolute atomic E-state index is 13.4. The number of nitrogens with zero attached hydrogens (tertiary/aromatic N) is 1. The standard InChI is InChI=1S/C32H48N4O7/c1-20(2)16-24-28(34-12-15-36-13-7-8-14-36)26(38)18-25(29(24)39)35-31(40)22(4)10-9-11-27(42-6)30(43-32(33)41)23(5)17-21(3)19-37/h9-11,17-18,20-21,27,30,34,37H,7-8,12-16,19H2,1-6H3,(H2,33,41)(H,35,40)/b11-9-,22-10+,23-17+/t21-,27-,30-/m0/s1. The van der Waals surface area contributed by atoms with E-state index in [1.165, 1.54) is 32.1 Å². The first-order chi connectivity index (χ1) is 20.4. The van der Waals surface area contributed by atoms with E-state index in [2.05, 4.69) is 15.5 Å². The minimum absolute atomic E-state index is 0.0593. The van der Waals surface area contributed by atoms with Crippen LogP contribution in [-0.4, -0.2) is 85.7 Å². The number of aliphatic hydroxyl groups excluding tert-OH is 1. The normalized spacial score (nSPS) is 19.1. The van der Waals surface area contributed by atoms with Gasteiger partial charge in [-0.25, -0.2) is 4.79 Å². The Balaban J connectivity index is 2.14. The molecule has 1 aliphatic heterocycles. The van der Waals surface area contributed by atoms with Gasteiger partial charge < -0.3 is 35.8 Å². The lowest BCUT2D eigenvalue weighted by Crippen LogP contribution is -2.38. The van der Waals surface area contributed by atoms with E-state index in [9.17, 15) is 24.3 Å². The summed E-state index contributed by atoms with van der Waals surface area (Å²) in [5.74, 6) is -1.30. The van der Waals surface area contributed by atoms with E-state index in [-0.39, 0.29) is 41.3 Å². The summed E-state index contributed by atoms with van der Waals surface area (Å²) in [4.78, 5) is 53.3. The van der Waals surface area contributed by atoms with Crippen molar-refractivity contribution in [1.29, 1.82) is 0 Å². The highest BCUT2D eigenvalue weighted by Gasteiger charge is 2.30. The number of allylic oxidation sites excluding steroid dienone is 4. The molecule has 1 fully saturated rings. The lowest BCUT2D eigenvalue weighted by atomic mass is 9.90. The molecule has 11 heteroatoms. The van der Waals surface area contributed by atoms with Gasteiger partial charge in [0.05, 0.1) is 11.4 Å². The second kappa shape index (κ2) is 17.5. The molecule has 1 aliphatic carbocycles. The summed E-state index contributed by atoms with van der Waals surface area (Å²) in [6.45, 7) is 12.4. The van der Waals surface area contributed by atoms with E-state index in [1.807, 2.05) is 20.8 Å². The van der Waals surface area contributed by atoms with Crippen molar-refractivity contribution in [2.24, 2.45) is 17.6 Å². The lowest BCUT2D eigenvalue weighted by molar-refractivity contribution is -0.120. The minimum atomic E-state index is -0.980. The van der Waals surface area contributed by atoms with Gasteiger partial charge in [-0.1, -0.05) is 45.1 Å². The van der Waals surface area contributed by atoms with E-state index in [0.29, 0.717) is 29.8 Å². The van der Waals surface area contributed by atoms with Crippen LogP contribution in [0.4, 0.5) is 4.79 Å². The minimum Gasteiger partial charge on any atom is -0.439 e. The van der Waals surface area contributed by atoms with Crippen molar-refractivity contribution < 1.29 is 33.8 Å². The molecule has 0 aromatic heterocycles. The fourth-order valence-corrected chi connectivity index (χ4v) is 4.98. The zero-order valence-corrected chi connectivity index (χ0v) is 26.3. The van der Waals surface area contributed by atoms with E-state index < -0.39 is 24.2 Å². The van der Waals surface area contributed by atoms with Crippen LogP contribution < -0.4 is 16.4 Å². The predicted molar refractivity (Wildman–Crippen MR) is 165 cm³/mol. The molecular weight excluding hydrogens is 552 g/mol. The van der Waals surface area contributed by atoms with E-state index >= 15 is 0 Å². The fourth-order valence-electron chi connectivity index (χ4n) is 4.98. The highest BCUT2D eigenvalue weighted by molar-refractivity contribution is 6.23. The number of ether oxygens (including phenoxy) is 2. The summed E-state index contributed by atoms with van der Waals surface area (Å²) < 4.78 is 10.8. The van der Waals surface area contributed by atoms with Gasteiger partial charge in [0.2, 0.25) is 11.6 Å². The highest BCUT2D eigenvalue weighted by Crippen LogP contribution is 2.23. The average Bonchev–Trinajstić information content (AvgIpc) is 3.47. The van der Waals surface area contributed by atoms with Gasteiger partial charge in [0.25, 0.3) is 5.91 Å². The average molecular weight is 601 g/mol. The summed E-state index contributed by atoms with van der Waals surface area (Å²) >= 11 is 0.